The van der Waals surface area contributed by atoms with Crippen LogP contribution >= 0.6 is 0 Å². The highest BCUT2D eigenvalue weighted by Gasteiger charge is 1.93. The molecule has 0 aliphatic heterocycles. The Balaban J connectivity index is 2.49. The monoisotopic (exact) mass is 169 g/mol. The Bertz CT molecular complexity index is 394. The fourth-order valence-corrected chi connectivity index (χ4v) is 1.49. The van der Waals surface area contributed by atoms with E-state index in [0.717, 1.165) is 0 Å². The van der Waals surface area contributed by atoms with Crippen molar-refractivity contribution in [2.75, 3.05) is 0 Å². The Morgan fingerprint density at radius 2 is 1.77 bits per heavy atom. The summed E-state index contributed by atoms with van der Waals surface area (Å²) < 4.78 is 0. The second-order valence-electron chi connectivity index (χ2n) is 3.47. The van der Waals surface area contributed by atoms with E-state index in [0.29, 0.717) is 0 Å². The van der Waals surface area contributed by atoms with Gasteiger partial charge >= 0.3 is 0 Å². The van der Waals surface area contributed by atoms with E-state index < -0.39 is 0 Å². The number of aryl methyl sites for hydroxylation is 2. The maximum Gasteiger partial charge on any atom is -0.0395 e. The largest absolute Gasteiger partial charge is 0.206 e. The molecule has 0 heteroatoms. The summed E-state index contributed by atoms with van der Waals surface area (Å²) in [5.74, 6) is 0. The summed E-state index contributed by atoms with van der Waals surface area (Å²) in [7, 11) is 0. The molecule has 2 aromatic rings. The lowest BCUT2D eigenvalue weighted by atomic mass is 10.0. The van der Waals surface area contributed by atoms with Gasteiger partial charge in [0.2, 0.25) is 0 Å². The Morgan fingerprint density at radius 3 is 2.38 bits per heavy atom. The second kappa shape index (κ2) is 3.14. The van der Waals surface area contributed by atoms with Crippen LogP contribution in [-0.4, -0.2) is 0 Å². The van der Waals surface area contributed by atoms with E-state index in [1.54, 1.807) is 0 Å². The second-order valence-corrected chi connectivity index (χ2v) is 3.47. The third-order valence-electron chi connectivity index (χ3n) is 2.50. The Kier molecular flexibility index (Phi) is 1.97. The molecule has 0 spiro atoms. The molecule has 2 rings (SSSR count). The Morgan fingerprint density at radius 1 is 0.923 bits per heavy atom. The van der Waals surface area contributed by atoms with Crippen LogP contribution < -0.4 is 0 Å². The number of benzene rings is 1. The maximum atomic E-state index is 2.24. The van der Waals surface area contributed by atoms with Gasteiger partial charge in [-0.05, 0) is 25.0 Å². The molecule has 0 amide bonds. The highest BCUT2D eigenvalue weighted by atomic mass is 14.0. The normalized spacial score (nSPS) is 10.3. The summed E-state index contributed by atoms with van der Waals surface area (Å²) in [5, 5.41) is 0. The molecule has 0 saturated carbocycles. The van der Waals surface area contributed by atoms with Gasteiger partial charge < -0.3 is 0 Å². The van der Waals surface area contributed by atoms with E-state index >= 15 is 0 Å². The molecule has 0 atom stereocenters. The average Bonchev–Trinajstić information content (AvgIpc) is 2.62. The van der Waals surface area contributed by atoms with Crippen LogP contribution in [0.15, 0.2) is 42.5 Å². The lowest BCUT2D eigenvalue weighted by Gasteiger charge is -2.07. The van der Waals surface area contributed by atoms with Gasteiger partial charge in [0, 0.05) is 0 Å². The summed E-state index contributed by atoms with van der Waals surface area (Å²) in [5.41, 5.74) is 5.34. The van der Waals surface area contributed by atoms with Crippen molar-refractivity contribution < 1.29 is 0 Å². The summed E-state index contributed by atoms with van der Waals surface area (Å²) in [6.45, 7) is 4.30. The SMILES string of the molecule is Cc1ccc(-c2cc[cH-]c2)cc1C. The summed E-state index contributed by atoms with van der Waals surface area (Å²) in [6.07, 6.45) is 0. The molecule has 2 aromatic carbocycles. The Labute approximate surface area is 79.2 Å². The van der Waals surface area contributed by atoms with Gasteiger partial charge in [-0.15, -0.1) is 0 Å². The van der Waals surface area contributed by atoms with Crippen LogP contribution in [0.1, 0.15) is 11.1 Å². The van der Waals surface area contributed by atoms with Crippen LogP contribution in [0.4, 0.5) is 0 Å². The fraction of sp³-hybridized carbons (Fsp3) is 0.154. The standard InChI is InChI=1S/C13H13/c1-10-7-8-13(9-11(10)2)12-5-3-4-6-12/h3-9H,1-2H3/q-1. The third kappa shape index (κ3) is 1.52. The van der Waals surface area contributed by atoms with E-state index in [2.05, 4.69) is 56.3 Å². The smallest absolute Gasteiger partial charge is 0.0395 e. The van der Waals surface area contributed by atoms with E-state index in [1.807, 2.05) is 0 Å². The molecule has 0 nitrogen and oxygen atoms in total. The van der Waals surface area contributed by atoms with Crippen molar-refractivity contribution in [3.63, 3.8) is 0 Å². The highest BCUT2D eigenvalue weighted by Crippen LogP contribution is 2.22. The van der Waals surface area contributed by atoms with Gasteiger partial charge in [-0.2, -0.15) is 23.8 Å². The average molecular weight is 169 g/mol. The van der Waals surface area contributed by atoms with Gasteiger partial charge in [0.05, 0.1) is 0 Å². The molecule has 0 radical (unpaired) electrons. The minimum atomic E-state index is 1.31. The topological polar surface area (TPSA) is 0 Å². The van der Waals surface area contributed by atoms with Crippen LogP contribution in [0, 0.1) is 13.8 Å². The summed E-state index contributed by atoms with van der Waals surface area (Å²) in [4.78, 5) is 0. The van der Waals surface area contributed by atoms with Crippen LogP contribution in [-0.2, 0) is 0 Å². The van der Waals surface area contributed by atoms with E-state index in [-0.39, 0.29) is 0 Å². The molecule has 0 bridgehead atoms. The minimum absolute atomic E-state index is 1.31. The van der Waals surface area contributed by atoms with Crippen LogP contribution in [0.5, 0.6) is 0 Å². The van der Waals surface area contributed by atoms with Crippen molar-refractivity contribution in [2.45, 2.75) is 13.8 Å². The van der Waals surface area contributed by atoms with Crippen LogP contribution in [0.25, 0.3) is 11.1 Å². The zero-order valence-electron chi connectivity index (χ0n) is 8.04. The molecule has 0 aliphatic rings. The molecular formula is C13H13-. The first kappa shape index (κ1) is 8.18. The third-order valence-corrected chi connectivity index (χ3v) is 2.50. The summed E-state index contributed by atoms with van der Waals surface area (Å²) in [6, 6.07) is 15.0. The van der Waals surface area contributed by atoms with E-state index in [4.69, 9.17) is 0 Å². The summed E-state index contributed by atoms with van der Waals surface area (Å²) >= 11 is 0. The predicted molar refractivity (Wildman–Crippen MR) is 56.9 cm³/mol. The first-order valence-electron chi connectivity index (χ1n) is 4.57. The molecule has 0 N–H and O–H groups in total. The number of hydrogen-bond donors (Lipinski definition) is 0. The predicted octanol–water partition coefficient (Wildman–Crippen LogP) is 3.69. The Hall–Kier alpha value is -1.43. The van der Waals surface area contributed by atoms with Crippen molar-refractivity contribution in [3.8, 4) is 11.1 Å². The van der Waals surface area contributed by atoms with Crippen molar-refractivity contribution in [1.82, 2.24) is 0 Å². The van der Waals surface area contributed by atoms with E-state index in [9.17, 15) is 0 Å². The van der Waals surface area contributed by atoms with E-state index in [1.165, 1.54) is 22.3 Å². The molecule has 0 heterocycles. The van der Waals surface area contributed by atoms with Crippen LogP contribution in [0.2, 0.25) is 0 Å². The number of rotatable bonds is 1. The lowest BCUT2D eigenvalue weighted by molar-refractivity contribution is 1.34. The van der Waals surface area contributed by atoms with Crippen molar-refractivity contribution in [2.24, 2.45) is 0 Å². The zero-order valence-corrected chi connectivity index (χ0v) is 8.04. The highest BCUT2D eigenvalue weighted by molar-refractivity contribution is 5.65. The molecule has 0 fully saturated rings. The van der Waals surface area contributed by atoms with Gasteiger partial charge in [0.1, 0.15) is 0 Å². The van der Waals surface area contributed by atoms with Gasteiger partial charge in [-0.25, -0.2) is 6.07 Å². The molecular weight excluding hydrogens is 156 g/mol. The van der Waals surface area contributed by atoms with Crippen molar-refractivity contribution >= 4 is 0 Å². The van der Waals surface area contributed by atoms with Crippen molar-refractivity contribution in [1.29, 1.82) is 0 Å². The first-order chi connectivity index (χ1) is 6.27. The van der Waals surface area contributed by atoms with Gasteiger partial charge in [0.25, 0.3) is 0 Å². The molecule has 0 saturated heterocycles. The maximum absolute atomic E-state index is 2.24. The quantitative estimate of drug-likeness (QED) is 0.571. The lowest BCUT2D eigenvalue weighted by Crippen LogP contribution is -1.81. The molecule has 0 aliphatic carbocycles. The molecule has 13 heavy (non-hydrogen) atoms. The fourth-order valence-electron chi connectivity index (χ4n) is 1.49. The van der Waals surface area contributed by atoms with Crippen LogP contribution in [0.3, 0.4) is 0 Å². The van der Waals surface area contributed by atoms with Gasteiger partial charge in [-0.1, -0.05) is 23.8 Å². The zero-order chi connectivity index (χ0) is 9.26. The number of hydrogen-bond acceptors (Lipinski definition) is 0. The minimum Gasteiger partial charge on any atom is -0.206 e. The molecule has 66 valence electrons. The van der Waals surface area contributed by atoms with Gasteiger partial charge in [0.15, 0.2) is 0 Å². The molecule has 0 unspecified atom stereocenters. The van der Waals surface area contributed by atoms with Gasteiger partial charge in [-0.3, -0.25) is 0 Å². The molecule has 0 aromatic heterocycles. The van der Waals surface area contributed by atoms with Crippen molar-refractivity contribution in [3.05, 3.63) is 53.6 Å². The first-order valence-corrected chi connectivity index (χ1v) is 4.57.